The number of hydrogen-bond acceptors (Lipinski definition) is 5. The molecule has 2 unspecified atom stereocenters. The molecule has 2 rings (SSSR count). The fourth-order valence-corrected chi connectivity index (χ4v) is 4.63. The largest absolute Gasteiger partial charge is 0.480 e. The molecule has 2 heterocycles. The van der Waals surface area contributed by atoms with E-state index >= 15 is 0 Å². The van der Waals surface area contributed by atoms with Crippen LogP contribution >= 0.6 is 7.60 Å². The highest BCUT2D eigenvalue weighted by Crippen LogP contribution is 2.65. The quantitative estimate of drug-likeness (QED) is 0.749. The molecule has 7 heteroatoms. The molecule has 0 saturated carbocycles. The molecule has 18 heavy (non-hydrogen) atoms. The van der Waals surface area contributed by atoms with Crippen molar-refractivity contribution < 1.29 is 23.5 Å². The van der Waals surface area contributed by atoms with Crippen molar-refractivity contribution in [3.8, 4) is 0 Å². The molecule has 104 valence electrons. The predicted octanol–water partition coefficient (Wildman–Crippen LogP) is 1.81. The number of carbonyl (C=O) groups is 1. The molecule has 0 radical (unpaired) electrons. The Balaban J connectivity index is 2.12. The molecule has 2 fully saturated rings. The second-order valence-electron chi connectivity index (χ2n) is 6.06. The van der Waals surface area contributed by atoms with Gasteiger partial charge in [0.1, 0.15) is 11.3 Å². The minimum atomic E-state index is -3.30. The first-order chi connectivity index (χ1) is 8.18. The van der Waals surface area contributed by atoms with Crippen molar-refractivity contribution in [2.45, 2.75) is 44.9 Å². The lowest BCUT2D eigenvalue weighted by Gasteiger charge is -2.41. The maximum absolute atomic E-state index is 12.7. The first-order valence-electron chi connectivity index (χ1n) is 6.07. The number of rotatable bonds is 2. The van der Waals surface area contributed by atoms with Gasteiger partial charge in [-0.2, -0.15) is 0 Å². The van der Waals surface area contributed by atoms with Crippen molar-refractivity contribution in [1.82, 2.24) is 5.32 Å². The predicted molar refractivity (Wildman–Crippen MR) is 65.5 cm³/mol. The molecule has 0 bridgehead atoms. The zero-order valence-electron chi connectivity index (χ0n) is 10.9. The van der Waals surface area contributed by atoms with E-state index in [0.717, 1.165) is 0 Å². The molecule has 0 aliphatic carbocycles. The van der Waals surface area contributed by atoms with Crippen molar-refractivity contribution in [2.24, 2.45) is 5.41 Å². The summed E-state index contributed by atoms with van der Waals surface area (Å²) in [7, 11) is -3.30. The normalized spacial score (nSPS) is 38.5. The summed E-state index contributed by atoms with van der Waals surface area (Å²) >= 11 is 0. The van der Waals surface area contributed by atoms with Gasteiger partial charge < -0.3 is 14.2 Å². The van der Waals surface area contributed by atoms with Gasteiger partial charge >= 0.3 is 13.6 Å². The van der Waals surface area contributed by atoms with E-state index in [1.807, 2.05) is 13.8 Å². The van der Waals surface area contributed by atoms with Crippen molar-refractivity contribution in [1.29, 1.82) is 0 Å². The van der Waals surface area contributed by atoms with Gasteiger partial charge in [0.25, 0.3) is 0 Å². The standard InChI is InChI=1S/C11H20NO5P/c1-10(2)6-16-18(15,17-7-10)11(3)5-4-8(12-11)9(13)14/h8,12H,4-7H2,1-3H3,(H,13,14). The van der Waals surface area contributed by atoms with Crippen molar-refractivity contribution in [3.05, 3.63) is 0 Å². The fourth-order valence-electron chi connectivity index (χ4n) is 2.23. The van der Waals surface area contributed by atoms with Crippen LogP contribution in [-0.4, -0.2) is 35.6 Å². The Morgan fingerprint density at radius 3 is 2.33 bits per heavy atom. The molecule has 0 amide bonds. The van der Waals surface area contributed by atoms with Gasteiger partial charge in [-0.3, -0.25) is 14.7 Å². The van der Waals surface area contributed by atoms with E-state index in [1.165, 1.54) is 0 Å². The molecular weight excluding hydrogens is 257 g/mol. The van der Waals surface area contributed by atoms with Crippen LogP contribution in [0.3, 0.4) is 0 Å². The molecule has 2 N–H and O–H groups in total. The van der Waals surface area contributed by atoms with E-state index in [9.17, 15) is 9.36 Å². The maximum Gasteiger partial charge on any atom is 0.350 e. The summed E-state index contributed by atoms with van der Waals surface area (Å²) in [6.07, 6.45) is 0.910. The van der Waals surface area contributed by atoms with Crippen LogP contribution in [0.25, 0.3) is 0 Å². The lowest BCUT2D eigenvalue weighted by Crippen LogP contribution is -2.46. The zero-order valence-corrected chi connectivity index (χ0v) is 11.8. The van der Waals surface area contributed by atoms with E-state index in [2.05, 4.69) is 5.32 Å². The van der Waals surface area contributed by atoms with Gasteiger partial charge in [-0.05, 0) is 19.8 Å². The fraction of sp³-hybridized carbons (Fsp3) is 0.909. The molecule has 6 nitrogen and oxygen atoms in total. The van der Waals surface area contributed by atoms with Crippen LogP contribution in [0, 0.1) is 5.41 Å². The highest BCUT2D eigenvalue weighted by atomic mass is 31.2. The highest BCUT2D eigenvalue weighted by Gasteiger charge is 2.55. The molecule has 0 spiro atoms. The third kappa shape index (κ3) is 2.35. The molecule has 2 aliphatic heterocycles. The molecule has 0 aromatic rings. The van der Waals surface area contributed by atoms with Gasteiger partial charge in [-0.1, -0.05) is 13.8 Å². The van der Waals surface area contributed by atoms with Crippen LogP contribution in [0.4, 0.5) is 0 Å². The van der Waals surface area contributed by atoms with Gasteiger partial charge in [0, 0.05) is 5.41 Å². The number of hydrogen-bond donors (Lipinski definition) is 2. The van der Waals surface area contributed by atoms with Crippen LogP contribution in [0.2, 0.25) is 0 Å². The summed E-state index contributed by atoms with van der Waals surface area (Å²) in [5, 5.41) is 11.0. The first-order valence-corrected chi connectivity index (χ1v) is 7.62. The molecular formula is C11H20NO5P. The minimum Gasteiger partial charge on any atom is -0.480 e. The lowest BCUT2D eigenvalue weighted by molar-refractivity contribution is -0.139. The van der Waals surface area contributed by atoms with E-state index in [4.69, 9.17) is 14.2 Å². The molecule has 2 atom stereocenters. The van der Waals surface area contributed by atoms with E-state index < -0.39 is 24.9 Å². The number of aliphatic carboxylic acids is 1. The summed E-state index contributed by atoms with van der Waals surface area (Å²) in [5.41, 5.74) is -0.158. The Bertz CT molecular complexity index is 396. The minimum absolute atomic E-state index is 0.158. The number of carboxylic acid groups (broad SMARTS) is 1. The Morgan fingerprint density at radius 1 is 1.33 bits per heavy atom. The van der Waals surface area contributed by atoms with Gasteiger partial charge in [-0.25, -0.2) is 0 Å². The average Bonchev–Trinajstić information content (AvgIpc) is 2.68. The van der Waals surface area contributed by atoms with Crippen molar-refractivity contribution in [3.63, 3.8) is 0 Å². The van der Waals surface area contributed by atoms with Gasteiger partial charge in [0.15, 0.2) is 0 Å². The smallest absolute Gasteiger partial charge is 0.350 e. The van der Waals surface area contributed by atoms with Gasteiger partial charge in [0.2, 0.25) is 0 Å². The SMILES string of the molecule is CC1(C)COP(=O)(C2(C)CCC(C(=O)O)N2)OC1. The topological polar surface area (TPSA) is 84.9 Å². The Kier molecular flexibility index (Phi) is 3.35. The average molecular weight is 277 g/mol. The van der Waals surface area contributed by atoms with E-state index in [1.54, 1.807) is 6.92 Å². The van der Waals surface area contributed by atoms with Gasteiger partial charge in [0.05, 0.1) is 13.2 Å². The summed E-state index contributed by atoms with van der Waals surface area (Å²) in [6, 6.07) is -0.678. The summed E-state index contributed by atoms with van der Waals surface area (Å²) < 4.78 is 23.7. The van der Waals surface area contributed by atoms with Crippen LogP contribution in [0.5, 0.6) is 0 Å². The second kappa shape index (κ2) is 4.30. The van der Waals surface area contributed by atoms with Crippen molar-refractivity contribution >= 4 is 13.6 Å². The summed E-state index contributed by atoms with van der Waals surface area (Å²) in [5.74, 6) is -0.928. The van der Waals surface area contributed by atoms with Crippen LogP contribution in [0.1, 0.15) is 33.6 Å². The summed E-state index contributed by atoms with van der Waals surface area (Å²) in [4.78, 5) is 10.9. The molecule has 2 aliphatic rings. The Labute approximate surface area is 107 Å². The van der Waals surface area contributed by atoms with Gasteiger partial charge in [-0.15, -0.1) is 0 Å². The Morgan fingerprint density at radius 2 is 1.89 bits per heavy atom. The number of nitrogens with one attached hydrogen (secondary N) is 1. The van der Waals surface area contributed by atoms with Crippen molar-refractivity contribution in [2.75, 3.05) is 13.2 Å². The Hall–Kier alpha value is -0.420. The molecule has 0 aromatic heterocycles. The second-order valence-corrected chi connectivity index (χ2v) is 8.55. The van der Waals surface area contributed by atoms with Crippen LogP contribution in [-0.2, 0) is 18.4 Å². The van der Waals surface area contributed by atoms with Crippen LogP contribution in [0.15, 0.2) is 0 Å². The molecule has 0 aromatic carbocycles. The first kappa shape index (κ1) is 14.0. The zero-order chi connectivity index (χ0) is 13.6. The maximum atomic E-state index is 12.7. The van der Waals surface area contributed by atoms with E-state index in [-0.39, 0.29) is 5.41 Å². The third-order valence-electron chi connectivity index (χ3n) is 3.56. The molecule has 2 saturated heterocycles. The third-order valence-corrected chi connectivity index (χ3v) is 6.06. The summed E-state index contributed by atoms with van der Waals surface area (Å²) in [6.45, 7) is 6.38. The monoisotopic (exact) mass is 277 g/mol. The van der Waals surface area contributed by atoms with E-state index in [0.29, 0.717) is 26.1 Å². The lowest BCUT2D eigenvalue weighted by atomic mass is 9.97. The number of carboxylic acids is 1. The highest BCUT2D eigenvalue weighted by molar-refractivity contribution is 7.55. The van der Waals surface area contributed by atoms with Crippen LogP contribution < -0.4 is 5.32 Å².